The van der Waals surface area contributed by atoms with Gasteiger partial charge in [0.05, 0.1) is 11.4 Å². The van der Waals surface area contributed by atoms with E-state index in [1.807, 2.05) is 11.8 Å². The van der Waals surface area contributed by atoms with Gasteiger partial charge in [0.15, 0.2) is 0 Å². The summed E-state index contributed by atoms with van der Waals surface area (Å²) in [7, 11) is 0. The first-order valence-electron chi connectivity index (χ1n) is 8.66. The number of aromatic nitrogens is 1. The minimum absolute atomic E-state index is 0.561. The van der Waals surface area contributed by atoms with Crippen LogP contribution in [0.1, 0.15) is 36.6 Å². The Hall–Kier alpha value is -1.56. The standard InChI is InChI=1S/C21H20N2S3/c1-14(2)15-7-9-16(10-8-15)20-22-18(12-24-20)13-26-21-23-19-6-4-3-5-17(19)11-25-21/h3-10,12,14H,11,13H2,1-2H3. The van der Waals surface area contributed by atoms with Gasteiger partial charge < -0.3 is 0 Å². The van der Waals surface area contributed by atoms with Gasteiger partial charge in [0, 0.05) is 22.4 Å². The fourth-order valence-electron chi connectivity index (χ4n) is 2.74. The number of hydrogen-bond donors (Lipinski definition) is 0. The van der Waals surface area contributed by atoms with Crippen molar-refractivity contribution in [3.8, 4) is 10.6 Å². The lowest BCUT2D eigenvalue weighted by Gasteiger charge is -2.13. The van der Waals surface area contributed by atoms with Crippen molar-refractivity contribution < 1.29 is 0 Å². The molecular formula is C21H20N2S3. The van der Waals surface area contributed by atoms with Crippen molar-refractivity contribution in [3.05, 3.63) is 70.7 Å². The van der Waals surface area contributed by atoms with Gasteiger partial charge in [-0.3, -0.25) is 0 Å². The molecule has 4 rings (SSSR count). The van der Waals surface area contributed by atoms with Crippen molar-refractivity contribution in [3.63, 3.8) is 0 Å². The summed E-state index contributed by atoms with van der Waals surface area (Å²) < 4.78 is 1.14. The van der Waals surface area contributed by atoms with Crippen molar-refractivity contribution in [2.75, 3.05) is 0 Å². The Kier molecular flexibility index (Phi) is 5.48. The number of nitrogens with zero attached hydrogens (tertiary/aromatic N) is 2. The van der Waals surface area contributed by atoms with E-state index in [0.29, 0.717) is 5.92 Å². The van der Waals surface area contributed by atoms with E-state index in [2.05, 4.69) is 67.8 Å². The minimum Gasteiger partial charge on any atom is -0.240 e. The fraction of sp³-hybridized carbons (Fsp3) is 0.238. The lowest BCUT2D eigenvalue weighted by atomic mass is 10.0. The summed E-state index contributed by atoms with van der Waals surface area (Å²) in [6.07, 6.45) is 0. The van der Waals surface area contributed by atoms with Gasteiger partial charge in [-0.25, -0.2) is 9.98 Å². The van der Waals surface area contributed by atoms with E-state index >= 15 is 0 Å². The van der Waals surface area contributed by atoms with Crippen molar-refractivity contribution >= 4 is 44.9 Å². The zero-order chi connectivity index (χ0) is 17.9. The van der Waals surface area contributed by atoms with Crippen LogP contribution in [0.4, 0.5) is 5.69 Å². The van der Waals surface area contributed by atoms with Gasteiger partial charge in [0.25, 0.3) is 0 Å². The zero-order valence-electron chi connectivity index (χ0n) is 14.8. The number of thiazole rings is 1. The van der Waals surface area contributed by atoms with Gasteiger partial charge in [0.2, 0.25) is 0 Å². The average molecular weight is 397 g/mol. The summed E-state index contributed by atoms with van der Waals surface area (Å²) in [6, 6.07) is 17.2. The number of hydrogen-bond acceptors (Lipinski definition) is 5. The smallest absolute Gasteiger partial charge is 0.131 e. The maximum absolute atomic E-state index is 4.82. The van der Waals surface area contributed by atoms with Crippen LogP contribution in [0.25, 0.3) is 10.6 Å². The topological polar surface area (TPSA) is 25.2 Å². The molecule has 0 radical (unpaired) electrons. The van der Waals surface area contributed by atoms with Crippen LogP contribution in [0.5, 0.6) is 0 Å². The molecule has 132 valence electrons. The molecule has 2 nitrogen and oxygen atoms in total. The third-order valence-corrected chi connectivity index (χ3v) is 7.49. The van der Waals surface area contributed by atoms with E-state index in [1.165, 1.54) is 16.7 Å². The highest BCUT2D eigenvalue weighted by Crippen LogP contribution is 2.36. The van der Waals surface area contributed by atoms with E-state index < -0.39 is 0 Å². The molecule has 0 atom stereocenters. The molecule has 1 aromatic heterocycles. The van der Waals surface area contributed by atoms with Crippen LogP contribution < -0.4 is 0 Å². The Morgan fingerprint density at radius 2 is 1.88 bits per heavy atom. The third-order valence-electron chi connectivity index (χ3n) is 4.27. The Morgan fingerprint density at radius 1 is 1.08 bits per heavy atom. The van der Waals surface area contributed by atoms with E-state index in [9.17, 15) is 0 Å². The molecule has 0 fully saturated rings. The normalized spacial score (nSPS) is 13.6. The molecule has 5 heteroatoms. The SMILES string of the molecule is CC(C)c1ccc(-c2nc(CSC3=Nc4ccccc4CS3)cs2)cc1. The van der Waals surface area contributed by atoms with E-state index in [1.54, 1.807) is 23.1 Å². The first-order valence-corrected chi connectivity index (χ1v) is 11.5. The second kappa shape index (κ2) is 7.99. The molecule has 0 amide bonds. The molecule has 0 aliphatic carbocycles. The van der Waals surface area contributed by atoms with Crippen LogP contribution in [0.3, 0.4) is 0 Å². The molecule has 1 aliphatic rings. The van der Waals surface area contributed by atoms with Gasteiger partial charge >= 0.3 is 0 Å². The lowest BCUT2D eigenvalue weighted by Crippen LogP contribution is -1.96. The number of thioether (sulfide) groups is 2. The van der Waals surface area contributed by atoms with Crippen molar-refractivity contribution in [1.82, 2.24) is 4.98 Å². The maximum atomic E-state index is 4.82. The second-order valence-electron chi connectivity index (χ2n) is 6.50. The summed E-state index contributed by atoms with van der Waals surface area (Å²) in [4.78, 5) is 9.59. The molecule has 3 aromatic rings. The summed E-state index contributed by atoms with van der Waals surface area (Å²) in [5.74, 6) is 2.44. The Bertz CT molecular complexity index is 926. The highest BCUT2D eigenvalue weighted by atomic mass is 32.2. The Balaban J connectivity index is 1.42. The van der Waals surface area contributed by atoms with E-state index in [-0.39, 0.29) is 0 Å². The highest BCUT2D eigenvalue weighted by molar-refractivity contribution is 8.38. The number of para-hydroxylation sites is 1. The van der Waals surface area contributed by atoms with Crippen molar-refractivity contribution in [2.45, 2.75) is 31.3 Å². The number of benzene rings is 2. The third kappa shape index (κ3) is 4.05. The summed E-state index contributed by atoms with van der Waals surface area (Å²) in [5.41, 5.74) is 6.13. The molecule has 0 bridgehead atoms. The monoisotopic (exact) mass is 396 g/mol. The average Bonchev–Trinajstić information content (AvgIpc) is 3.15. The lowest BCUT2D eigenvalue weighted by molar-refractivity contribution is 0.867. The van der Waals surface area contributed by atoms with E-state index in [4.69, 9.17) is 9.98 Å². The van der Waals surface area contributed by atoms with Gasteiger partial charge in [-0.05, 0) is 23.1 Å². The molecule has 0 spiro atoms. The minimum atomic E-state index is 0.561. The predicted octanol–water partition coefficient (Wildman–Crippen LogP) is 7.10. The predicted molar refractivity (Wildman–Crippen MR) is 118 cm³/mol. The zero-order valence-corrected chi connectivity index (χ0v) is 17.3. The number of fused-ring (bicyclic) bond motifs is 1. The molecule has 2 aromatic carbocycles. The molecule has 0 N–H and O–H groups in total. The number of aliphatic imine (C=N–C) groups is 1. The van der Waals surface area contributed by atoms with Crippen LogP contribution in [0.15, 0.2) is 58.9 Å². The number of rotatable bonds is 4. The molecule has 26 heavy (non-hydrogen) atoms. The fourth-order valence-corrected chi connectivity index (χ4v) is 5.62. The Labute approximate surface area is 167 Å². The van der Waals surface area contributed by atoms with Crippen LogP contribution in [-0.4, -0.2) is 9.36 Å². The quantitative estimate of drug-likeness (QED) is 0.470. The van der Waals surface area contributed by atoms with Crippen LogP contribution in [-0.2, 0) is 11.5 Å². The van der Waals surface area contributed by atoms with Gasteiger partial charge in [0.1, 0.15) is 9.38 Å². The first-order chi connectivity index (χ1) is 12.7. The van der Waals surface area contributed by atoms with E-state index in [0.717, 1.165) is 32.3 Å². The van der Waals surface area contributed by atoms with Crippen molar-refractivity contribution in [1.29, 1.82) is 0 Å². The summed E-state index contributed by atoms with van der Waals surface area (Å²) >= 11 is 5.33. The maximum Gasteiger partial charge on any atom is 0.131 e. The highest BCUT2D eigenvalue weighted by Gasteiger charge is 2.13. The summed E-state index contributed by atoms with van der Waals surface area (Å²) in [5, 5.41) is 3.26. The molecule has 1 aliphatic heterocycles. The second-order valence-corrected chi connectivity index (χ2v) is 9.55. The molecule has 0 saturated carbocycles. The molecular weight excluding hydrogens is 376 g/mol. The molecule has 0 saturated heterocycles. The Morgan fingerprint density at radius 3 is 2.69 bits per heavy atom. The van der Waals surface area contributed by atoms with Crippen molar-refractivity contribution in [2.24, 2.45) is 4.99 Å². The molecule has 2 heterocycles. The van der Waals surface area contributed by atoms with Gasteiger partial charge in [-0.15, -0.1) is 11.3 Å². The summed E-state index contributed by atoms with van der Waals surface area (Å²) in [6.45, 7) is 4.44. The first kappa shape index (κ1) is 17.8. The van der Waals surface area contributed by atoms with Gasteiger partial charge in [-0.1, -0.05) is 79.8 Å². The largest absolute Gasteiger partial charge is 0.240 e. The van der Waals surface area contributed by atoms with Crippen LogP contribution in [0, 0.1) is 0 Å². The van der Waals surface area contributed by atoms with Crippen LogP contribution >= 0.6 is 34.9 Å². The van der Waals surface area contributed by atoms with Gasteiger partial charge in [-0.2, -0.15) is 0 Å². The van der Waals surface area contributed by atoms with Crippen LogP contribution in [0.2, 0.25) is 0 Å². The molecule has 0 unspecified atom stereocenters.